The Bertz CT molecular complexity index is 659. The van der Waals surface area contributed by atoms with Crippen molar-refractivity contribution in [3.63, 3.8) is 0 Å². The Kier molecular flexibility index (Phi) is 3.21. The molecule has 0 radical (unpaired) electrons. The minimum atomic E-state index is -0.200. The highest BCUT2D eigenvalue weighted by atomic mass is 19.1. The molecule has 2 atom stereocenters. The summed E-state index contributed by atoms with van der Waals surface area (Å²) >= 11 is 0. The molecule has 2 unspecified atom stereocenters. The van der Waals surface area contributed by atoms with Crippen LogP contribution in [0, 0.1) is 11.7 Å². The van der Waals surface area contributed by atoms with Gasteiger partial charge in [0.25, 0.3) is 0 Å². The third kappa shape index (κ3) is 2.26. The van der Waals surface area contributed by atoms with E-state index in [1.165, 1.54) is 38.5 Å². The topological polar surface area (TPSA) is 43.8 Å². The summed E-state index contributed by atoms with van der Waals surface area (Å²) in [6.07, 6.45) is 7.33. The highest BCUT2D eigenvalue weighted by Gasteiger charge is 2.34. The largest absolute Gasteiger partial charge is 0.330 e. The zero-order chi connectivity index (χ0) is 14.4. The lowest BCUT2D eigenvalue weighted by molar-refractivity contribution is 0.298. The Labute approximate surface area is 124 Å². The van der Waals surface area contributed by atoms with Gasteiger partial charge in [0.05, 0.1) is 11.0 Å². The Morgan fingerprint density at radius 2 is 2.00 bits per heavy atom. The summed E-state index contributed by atoms with van der Waals surface area (Å²) in [6.45, 7) is 0.729. The highest BCUT2D eigenvalue weighted by molar-refractivity contribution is 5.76. The Hall–Kier alpha value is -1.42. The van der Waals surface area contributed by atoms with E-state index in [9.17, 15) is 4.39 Å². The molecule has 2 aliphatic carbocycles. The maximum absolute atomic E-state index is 13.5. The monoisotopic (exact) mass is 287 g/mol. The molecule has 1 aromatic heterocycles. The van der Waals surface area contributed by atoms with Gasteiger partial charge in [-0.15, -0.1) is 0 Å². The minimum Gasteiger partial charge on any atom is -0.330 e. The van der Waals surface area contributed by atoms with Crippen molar-refractivity contribution in [2.24, 2.45) is 11.7 Å². The van der Waals surface area contributed by atoms with E-state index < -0.39 is 0 Å². The van der Waals surface area contributed by atoms with Crippen molar-refractivity contribution < 1.29 is 4.39 Å². The van der Waals surface area contributed by atoms with Gasteiger partial charge in [0.15, 0.2) is 0 Å². The molecule has 0 saturated heterocycles. The first kappa shape index (κ1) is 13.3. The second kappa shape index (κ2) is 5.09. The Morgan fingerprint density at radius 1 is 1.19 bits per heavy atom. The molecular weight excluding hydrogens is 265 g/mol. The smallest absolute Gasteiger partial charge is 0.125 e. The fourth-order valence-electron chi connectivity index (χ4n) is 3.90. The van der Waals surface area contributed by atoms with E-state index in [4.69, 9.17) is 10.7 Å². The van der Waals surface area contributed by atoms with E-state index in [0.717, 1.165) is 23.4 Å². The molecule has 3 nitrogen and oxygen atoms in total. The number of rotatable bonds is 3. The summed E-state index contributed by atoms with van der Waals surface area (Å²) in [5.41, 5.74) is 7.89. The summed E-state index contributed by atoms with van der Waals surface area (Å²) < 4.78 is 15.9. The quantitative estimate of drug-likeness (QED) is 0.934. The first-order chi connectivity index (χ1) is 10.3. The molecule has 2 fully saturated rings. The number of benzene rings is 1. The van der Waals surface area contributed by atoms with Crippen LogP contribution < -0.4 is 5.73 Å². The fraction of sp³-hybridized carbons (Fsp3) is 0.588. The maximum atomic E-state index is 13.5. The van der Waals surface area contributed by atoms with E-state index in [1.54, 1.807) is 12.1 Å². The first-order valence-electron chi connectivity index (χ1n) is 8.15. The summed E-state index contributed by atoms with van der Waals surface area (Å²) in [4.78, 5) is 4.82. The van der Waals surface area contributed by atoms with E-state index in [-0.39, 0.29) is 5.82 Å². The molecule has 1 aromatic carbocycles. The predicted molar refractivity (Wildman–Crippen MR) is 81.7 cm³/mol. The average molecular weight is 287 g/mol. The van der Waals surface area contributed by atoms with Gasteiger partial charge in [0, 0.05) is 18.0 Å². The number of aromatic nitrogens is 2. The third-order valence-corrected chi connectivity index (χ3v) is 5.13. The Morgan fingerprint density at radius 3 is 2.76 bits per heavy atom. The van der Waals surface area contributed by atoms with Gasteiger partial charge in [-0.1, -0.05) is 12.8 Å². The highest BCUT2D eigenvalue weighted by Crippen LogP contribution is 2.44. The zero-order valence-electron chi connectivity index (χ0n) is 12.3. The lowest BCUT2D eigenvalue weighted by Crippen LogP contribution is -2.27. The summed E-state index contributed by atoms with van der Waals surface area (Å²) in [5.74, 6) is 1.93. The van der Waals surface area contributed by atoms with Crippen LogP contribution in [0.4, 0.5) is 4.39 Å². The molecule has 21 heavy (non-hydrogen) atoms. The van der Waals surface area contributed by atoms with Gasteiger partial charge in [0.1, 0.15) is 11.6 Å². The number of hydrogen-bond acceptors (Lipinski definition) is 2. The van der Waals surface area contributed by atoms with Gasteiger partial charge in [-0.25, -0.2) is 9.37 Å². The first-order valence-corrected chi connectivity index (χ1v) is 8.15. The number of nitrogens with two attached hydrogens (primary N) is 1. The van der Waals surface area contributed by atoms with Crippen molar-refractivity contribution in [3.8, 4) is 0 Å². The van der Waals surface area contributed by atoms with E-state index in [2.05, 4.69) is 4.57 Å². The summed E-state index contributed by atoms with van der Waals surface area (Å²) in [5, 5.41) is 0. The van der Waals surface area contributed by atoms with Crippen molar-refractivity contribution in [2.75, 3.05) is 6.54 Å². The second-order valence-electron chi connectivity index (χ2n) is 6.59. The van der Waals surface area contributed by atoms with Gasteiger partial charge in [0.2, 0.25) is 0 Å². The van der Waals surface area contributed by atoms with Crippen LogP contribution in [0.3, 0.4) is 0 Å². The van der Waals surface area contributed by atoms with E-state index >= 15 is 0 Å². The normalized spacial score (nSPS) is 26.4. The van der Waals surface area contributed by atoms with Crippen LogP contribution >= 0.6 is 0 Å². The van der Waals surface area contributed by atoms with Crippen molar-refractivity contribution in [1.29, 1.82) is 0 Å². The van der Waals surface area contributed by atoms with Crippen molar-refractivity contribution in [3.05, 3.63) is 29.8 Å². The minimum absolute atomic E-state index is 0.200. The van der Waals surface area contributed by atoms with Crippen LogP contribution in [0.5, 0.6) is 0 Å². The van der Waals surface area contributed by atoms with Gasteiger partial charge < -0.3 is 10.3 Å². The van der Waals surface area contributed by atoms with Gasteiger partial charge in [-0.05, 0) is 50.3 Å². The van der Waals surface area contributed by atoms with Crippen LogP contribution in [-0.2, 0) is 0 Å². The number of fused-ring (bicyclic) bond motifs is 1. The molecule has 2 aromatic rings. The van der Waals surface area contributed by atoms with E-state index in [0.29, 0.717) is 17.9 Å². The molecule has 2 saturated carbocycles. The van der Waals surface area contributed by atoms with Crippen LogP contribution in [0.1, 0.15) is 56.3 Å². The number of hydrogen-bond donors (Lipinski definition) is 1. The summed E-state index contributed by atoms with van der Waals surface area (Å²) in [6, 6.07) is 5.57. The van der Waals surface area contributed by atoms with Gasteiger partial charge in [-0.3, -0.25) is 0 Å². The molecule has 0 bridgehead atoms. The van der Waals surface area contributed by atoms with Gasteiger partial charge >= 0.3 is 0 Å². The summed E-state index contributed by atoms with van der Waals surface area (Å²) in [7, 11) is 0. The number of nitrogens with zero attached hydrogens (tertiary/aromatic N) is 2. The molecule has 1 heterocycles. The molecule has 2 aliphatic rings. The van der Waals surface area contributed by atoms with Crippen LogP contribution in [0.2, 0.25) is 0 Å². The van der Waals surface area contributed by atoms with Crippen molar-refractivity contribution in [1.82, 2.24) is 9.55 Å². The predicted octanol–water partition coefficient (Wildman–Crippen LogP) is 3.74. The molecular formula is C17H22FN3. The standard InChI is InChI=1S/C17H22FN3/c18-12-5-8-16-15(9-12)20-17(21(16)13-6-7-13)14-4-2-1-3-11(14)10-19/h5,8-9,11,13-14H,1-4,6-7,10,19H2. The zero-order valence-corrected chi connectivity index (χ0v) is 12.3. The Balaban J connectivity index is 1.84. The SMILES string of the molecule is NCC1CCCCC1c1nc2cc(F)ccc2n1C1CC1. The maximum Gasteiger partial charge on any atom is 0.125 e. The average Bonchev–Trinajstić information content (AvgIpc) is 3.27. The third-order valence-electron chi connectivity index (χ3n) is 5.13. The number of imidazole rings is 1. The van der Waals surface area contributed by atoms with Crippen LogP contribution in [0.25, 0.3) is 11.0 Å². The number of halogens is 1. The van der Waals surface area contributed by atoms with Gasteiger partial charge in [-0.2, -0.15) is 0 Å². The molecule has 4 rings (SSSR count). The van der Waals surface area contributed by atoms with Crippen molar-refractivity contribution in [2.45, 2.75) is 50.5 Å². The molecule has 112 valence electrons. The molecule has 0 aliphatic heterocycles. The fourth-order valence-corrected chi connectivity index (χ4v) is 3.90. The molecule has 4 heteroatoms. The van der Waals surface area contributed by atoms with Crippen LogP contribution in [-0.4, -0.2) is 16.1 Å². The van der Waals surface area contributed by atoms with Crippen LogP contribution in [0.15, 0.2) is 18.2 Å². The van der Waals surface area contributed by atoms with E-state index in [1.807, 2.05) is 6.07 Å². The molecule has 0 spiro atoms. The molecule has 0 amide bonds. The lowest BCUT2D eigenvalue weighted by Gasteiger charge is -2.30. The molecule has 2 N–H and O–H groups in total. The lowest BCUT2D eigenvalue weighted by atomic mass is 9.78. The van der Waals surface area contributed by atoms with Crippen molar-refractivity contribution >= 4 is 11.0 Å². The second-order valence-corrected chi connectivity index (χ2v) is 6.59.